The first-order chi connectivity index (χ1) is 5.55. The number of hydrogen-bond donors (Lipinski definition) is 1. The average Bonchev–Trinajstić information content (AvgIpc) is 2.01. The van der Waals surface area contributed by atoms with Gasteiger partial charge in [0.15, 0.2) is 9.04 Å². The third-order valence-corrected chi connectivity index (χ3v) is 8.31. The Labute approximate surface area is 78.3 Å². The maximum atomic E-state index is 9.64. The van der Waals surface area contributed by atoms with Crippen LogP contribution in [-0.2, 0) is 8.85 Å². The zero-order valence-corrected chi connectivity index (χ0v) is 11.4. The highest BCUT2D eigenvalue weighted by molar-refractivity contribution is 6.58. The summed E-state index contributed by atoms with van der Waals surface area (Å²) in [5.41, 5.74) is 0. The van der Waals surface area contributed by atoms with Gasteiger partial charge in [0.1, 0.15) is 15.7 Å². The molecule has 72 valence electrons. The molecule has 5 heteroatoms. The lowest BCUT2D eigenvalue weighted by Gasteiger charge is -2.52. The van der Waals surface area contributed by atoms with E-state index in [9.17, 15) is 5.11 Å². The highest BCUT2D eigenvalue weighted by Crippen LogP contribution is 2.38. The summed E-state index contributed by atoms with van der Waals surface area (Å²) in [4.78, 5) is 0. The second-order valence-corrected chi connectivity index (χ2v) is 7.69. The van der Waals surface area contributed by atoms with Crippen molar-refractivity contribution in [3.63, 3.8) is 0 Å². The summed E-state index contributed by atoms with van der Waals surface area (Å²) in [6.45, 7) is 6.81. The molecule has 1 N–H and O–H groups in total. The largest absolute Gasteiger partial charge is 0.464 e. The highest BCUT2D eigenvalue weighted by atomic mass is 28.3. The summed E-state index contributed by atoms with van der Waals surface area (Å²) < 4.78 is 11.0. The van der Waals surface area contributed by atoms with Gasteiger partial charge < -0.3 is 14.0 Å². The molecule has 0 radical (unpaired) electrons. The molecule has 0 saturated carbocycles. The Morgan fingerprint density at radius 2 is 2.42 bits per heavy atom. The van der Waals surface area contributed by atoms with Crippen molar-refractivity contribution in [3.8, 4) is 0 Å². The first kappa shape index (κ1) is 10.4. The van der Waals surface area contributed by atoms with E-state index in [0.29, 0.717) is 5.92 Å². The van der Waals surface area contributed by atoms with E-state index < -0.39 is 15.1 Å². The Kier molecular flexibility index (Phi) is 3.11. The van der Waals surface area contributed by atoms with Crippen molar-refractivity contribution in [2.75, 3.05) is 6.61 Å². The van der Waals surface area contributed by atoms with Crippen molar-refractivity contribution in [3.05, 3.63) is 0 Å². The smallest absolute Gasteiger partial charge is 0.196 e. The summed E-state index contributed by atoms with van der Waals surface area (Å²) in [5.74, 6) is 0.452. The summed E-state index contributed by atoms with van der Waals surface area (Å²) >= 11 is 0. The second-order valence-electron chi connectivity index (χ2n) is 3.62. The van der Waals surface area contributed by atoms with Gasteiger partial charge in [0.05, 0.1) is 12.7 Å². The van der Waals surface area contributed by atoms with Crippen LogP contribution in [0.3, 0.4) is 0 Å². The molecular formula is C7H18O3Si2. The van der Waals surface area contributed by atoms with Crippen LogP contribution in [0.4, 0.5) is 0 Å². The third kappa shape index (κ3) is 1.29. The molecule has 1 rings (SSSR count). The molecule has 3 nitrogen and oxygen atoms in total. The van der Waals surface area contributed by atoms with Gasteiger partial charge in [0.2, 0.25) is 0 Å². The minimum atomic E-state index is -1.35. The molecule has 0 aliphatic carbocycles. The van der Waals surface area contributed by atoms with Gasteiger partial charge in [-0.3, -0.25) is 0 Å². The van der Waals surface area contributed by atoms with Gasteiger partial charge in [-0.1, -0.05) is 6.92 Å². The molecule has 0 spiro atoms. The molecule has 1 aliphatic rings. The molecule has 0 bridgehead atoms. The Morgan fingerprint density at radius 1 is 1.83 bits per heavy atom. The van der Waals surface area contributed by atoms with Crippen molar-refractivity contribution in [2.45, 2.75) is 31.7 Å². The number of aliphatic hydroxyl groups excluding tert-OH is 1. The van der Waals surface area contributed by atoms with Crippen LogP contribution in [0.2, 0.25) is 6.55 Å². The Bertz CT molecular complexity index is 158. The van der Waals surface area contributed by atoms with Crippen LogP contribution >= 0.6 is 0 Å². The van der Waals surface area contributed by atoms with E-state index in [-0.39, 0.29) is 5.22 Å². The van der Waals surface area contributed by atoms with Crippen molar-refractivity contribution < 1.29 is 14.0 Å². The van der Waals surface area contributed by atoms with E-state index in [1.165, 1.54) is 0 Å². The highest BCUT2D eigenvalue weighted by Gasteiger charge is 2.54. The number of rotatable bonds is 3. The predicted octanol–water partition coefficient (Wildman–Crippen LogP) is -1.04. The van der Waals surface area contributed by atoms with Crippen LogP contribution in [0.25, 0.3) is 0 Å². The first-order valence-electron chi connectivity index (χ1n) is 4.40. The molecule has 12 heavy (non-hydrogen) atoms. The van der Waals surface area contributed by atoms with Gasteiger partial charge in [-0.25, -0.2) is 0 Å². The molecular weight excluding hydrogens is 188 g/mol. The monoisotopic (exact) mass is 206 g/mol. The molecule has 1 heterocycles. The Hall–Kier alpha value is 0.314. The van der Waals surface area contributed by atoms with Crippen molar-refractivity contribution >= 4 is 19.5 Å². The van der Waals surface area contributed by atoms with E-state index in [1.54, 1.807) is 6.92 Å². The summed E-state index contributed by atoms with van der Waals surface area (Å²) in [6.07, 6.45) is -0.392. The van der Waals surface area contributed by atoms with Crippen molar-refractivity contribution in [2.24, 2.45) is 5.92 Å². The zero-order chi connectivity index (χ0) is 9.35. The van der Waals surface area contributed by atoms with E-state index in [2.05, 4.69) is 13.5 Å². The van der Waals surface area contributed by atoms with Crippen LogP contribution in [0.5, 0.6) is 0 Å². The van der Waals surface area contributed by atoms with E-state index in [0.717, 1.165) is 17.1 Å². The molecule has 1 fully saturated rings. The minimum Gasteiger partial charge on any atom is -0.464 e. The first-order valence-corrected chi connectivity index (χ1v) is 7.42. The molecule has 4 unspecified atom stereocenters. The van der Waals surface area contributed by atoms with Crippen LogP contribution in [-0.4, -0.2) is 42.6 Å². The summed E-state index contributed by atoms with van der Waals surface area (Å²) in [7, 11) is -0.601. The molecule has 0 amide bonds. The SMILES string of the molecule is CC(O)C1([SiH](C)O[SiH3])OCC1C. The van der Waals surface area contributed by atoms with Crippen LogP contribution in [0, 0.1) is 5.92 Å². The topological polar surface area (TPSA) is 38.7 Å². The van der Waals surface area contributed by atoms with E-state index in [4.69, 9.17) is 8.85 Å². The van der Waals surface area contributed by atoms with E-state index in [1.807, 2.05) is 0 Å². The molecule has 0 aromatic carbocycles. The van der Waals surface area contributed by atoms with Crippen molar-refractivity contribution in [1.82, 2.24) is 0 Å². The van der Waals surface area contributed by atoms with Gasteiger partial charge in [-0.2, -0.15) is 0 Å². The van der Waals surface area contributed by atoms with Gasteiger partial charge in [0.25, 0.3) is 0 Å². The van der Waals surface area contributed by atoms with Crippen molar-refractivity contribution in [1.29, 1.82) is 0 Å². The lowest BCUT2D eigenvalue weighted by molar-refractivity contribution is -0.197. The van der Waals surface area contributed by atoms with Crippen LogP contribution in [0.15, 0.2) is 0 Å². The third-order valence-electron chi connectivity index (χ3n) is 3.00. The normalized spacial score (nSPS) is 40.5. The molecule has 4 atom stereocenters. The maximum Gasteiger partial charge on any atom is 0.196 e. The summed E-state index contributed by atoms with van der Waals surface area (Å²) in [6, 6.07) is 0. The van der Waals surface area contributed by atoms with Crippen LogP contribution in [0.1, 0.15) is 13.8 Å². The van der Waals surface area contributed by atoms with Gasteiger partial charge in [0, 0.05) is 5.92 Å². The molecule has 1 aliphatic heterocycles. The fourth-order valence-corrected chi connectivity index (χ4v) is 5.40. The van der Waals surface area contributed by atoms with Gasteiger partial charge in [-0.05, 0) is 13.5 Å². The number of hydrogen-bond acceptors (Lipinski definition) is 3. The zero-order valence-electron chi connectivity index (χ0n) is 8.20. The lowest BCUT2D eigenvalue weighted by Crippen LogP contribution is -2.68. The standard InChI is InChI=1S/C7H18O3Si2/c1-5-4-9-7(5,6(2)8)12(3)10-11/h5-6,8,12H,4H2,1-3,11H3. The Balaban J connectivity index is 2.73. The van der Waals surface area contributed by atoms with E-state index >= 15 is 0 Å². The fraction of sp³-hybridized carbons (Fsp3) is 1.00. The van der Waals surface area contributed by atoms with Gasteiger partial charge in [-0.15, -0.1) is 0 Å². The predicted molar refractivity (Wildman–Crippen MR) is 53.6 cm³/mol. The maximum absolute atomic E-state index is 9.64. The Morgan fingerprint density at radius 3 is 2.50 bits per heavy atom. The lowest BCUT2D eigenvalue weighted by atomic mass is 9.95. The average molecular weight is 206 g/mol. The molecule has 1 saturated heterocycles. The molecule has 0 aromatic heterocycles. The quantitative estimate of drug-likeness (QED) is 0.600. The molecule has 0 aromatic rings. The second kappa shape index (κ2) is 3.59. The fourth-order valence-electron chi connectivity index (χ4n) is 2.02. The van der Waals surface area contributed by atoms with Gasteiger partial charge >= 0.3 is 0 Å². The van der Waals surface area contributed by atoms with Crippen LogP contribution < -0.4 is 0 Å². The number of aliphatic hydroxyl groups is 1. The number of ether oxygens (including phenoxy) is 1. The minimum absolute atomic E-state index is 0.304. The summed E-state index contributed by atoms with van der Waals surface area (Å²) in [5, 5.41) is 9.34.